The van der Waals surface area contributed by atoms with Crippen LogP contribution in [0.3, 0.4) is 0 Å². The fourth-order valence-corrected chi connectivity index (χ4v) is 4.27. The summed E-state index contributed by atoms with van der Waals surface area (Å²) < 4.78 is 1.64. The molecule has 136 valence electrons. The molecule has 0 spiro atoms. The zero-order chi connectivity index (χ0) is 18.6. The zero-order valence-electron chi connectivity index (χ0n) is 14.2. The molecule has 4 rings (SSSR count). The molecule has 2 unspecified atom stereocenters. The van der Waals surface area contributed by atoms with Gasteiger partial charge in [-0.25, -0.2) is 15.0 Å². The highest BCUT2D eigenvalue weighted by molar-refractivity contribution is 5.88. The molecule has 0 aliphatic heterocycles. The molecule has 2 aromatic rings. The van der Waals surface area contributed by atoms with Gasteiger partial charge in [0.25, 0.3) is 0 Å². The van der Waals surface area contributed by atoms with Gasteiger partial charge < -0.3 is 20.1 Å². The number of aliphatic hydroxyl groups is 2. The molecule has 0 saturated heterocycles. The summed E-state index contributed by atoms with van der Waals surface area (Å²) in [5, 5.41) is 27.5. The number of aliphatic hydroxyl groups excluding tert-OH is 2. The first-order chi connectivity index (χ1) is 12.5. The third-order valence-corrected chi connectivity index (χ3v) is 5.54. The van der Waals surface area contributed by atoms with Gasteiger partial charge in [-0.3, -0.25) is 4.79 Å². The van der Waals surface area contributed by atoms with E-state index in [0.717, 1.165) is 0 Å². The Kier molecular flexibility index (Phi) is 3.62. The van der Waals surface area contributed by atoms with E-state index in [4.69, 9.17) is 5.53 Å². The van der Waals surface area contributed by atoms with E-state index < -0.39 is 23.7 Å². The number of fused-ring (bicyclic) bond motifs is 2. The van der Waals surface area contributed by atoms with Crippen LogP contribution in [0.5, 0.6) is 0 Å². The average Bonchev–Trinajstić information content (AvgIpc) is 3.14. The monoisotopic (exact) mass is 358 g/mol. The number of Topliss-reactive ketones (excluding diaryl/α,β-unsaturated/α-hetero) is 1. The number of nitrogens with zero attached hydrogens (tertiary/aromatic N) is 7. The first-order valence-corrected chi connectivity index (χ1v) is 8.36. The van der Waals surface area contributed by atoms with Crippen LogP contribution in [0, 0.1) is 11.3 Å². The lowest BCUT2D eigenvalue weighted by atomic mass is 9.95. The number of nitrogens with one attached hydrogen (secondary N) is 1. The van der Waals surface area contributed by atoms with E-state index in [0.29, 0.717) is 29.9 Å². The number of aromatic nitrogens is 4. The fraction of sp³-hybridized carbons (Fsp3) is 0.600. The average molecular weight is 358 g/mol. The molecule has 0 bridgehead atoms. The number of anilines is 1. The number of hydrogen-bond donors (Lipinski definition) is 3. The van der Waals surface area contributed by atoms with Crippen LogP contribution in [0.4, 0.5) is 11.8 Å². The molecule has 0 radical (unpaired) electrons. The van der Waals surface area contributed by atoms with Crippen LogP contribution in [0.2, 0.25) is 0 Å². The zero-order valence-corrected chi connectivity index (χ0v) is 14.2. The molecular weight excluding hydrogens is 340 g/mol. The molecule has 0 aromatic carbocycles. The molecule has 3 N–H and O–H groups in total. The van der Waals surface area contributed by atoms with Crippen molar-refractivity contribution in [2.75, 3.05) is 11.9 Å². The maximum Gasteiger partial charge on any atom is 0.220 e. The first-order valence-electron chi connectivity index (χ1n) is 8.36. The van der Waals surface area contributed by atoms with E-state index in [1.807, 2.05) is 6.92 Å². The predicted octanol–water partition coefficient (Wildman–Crippen LogP) is 1.07. The quantitative estimate of drug-likeness (QED) is 0.409. The number of rotatable bonds is 5. The standard InChI is InChI=1S/C15H18N8O3/c1-3-17-12-8-13(20-14(19-12)21-22-16)23(5-18-8)9-7-4-15(7,6(2)24)11(26)10(9)25/h5,7,9-11,25-26H,3-4H2,1-2H3,(H,17,19,20)/t7?,9-,10+,11?,15+/m1/s1. The minimum Gasteiger partial charge on any atom is -0.389 e. The van der Waals surface area contributed by atoms with Crippen LogP contribution in [0.15, 0.2) is 11.4 Å². The second-order valence-electron chi connectivity index (χ2n) is 6.75. The largest absolute Gasteiger partial charge is 0.389 e. The van der Waals surface area contributed by atoms with Crippen LogP contribution in [0.25, 0.3) is 21.6 Å². The van der Waals surface area contributed by atoms with Crippen molar-refractivity contribution in [2.45, 2.75) is 38.5 Å². The Labute approximate surface area is 147 Å². The highest BCUT2D eigenvalue weighted by Gasteiger charge is 2.74. The lowest BCUT2D eigenvalue weighted by molar-refractivity contribution is -0.128. The lowest BCUT2D eigenvalue weighted by Crippen LogP contribution is -2.36. The highest BCUT2D eigenvalue weighted by atomic mass is 16.3. The number of ketones is 1. The van der Waals surface area contributed by atoms with Gasteiger partial charge in [0.05, 0.1) is 23.9 Å². The molecule has 11 nitrogen and oxygen atoms in total. The van der Waals surface area contributed by atoms with Gasteiger partial charge in [-0.2, -0.15) is 0 Å². The third kappa shape index (κ3) is 2.05. The number of imidazole rings is 1. The summed E-state index contributed by atoms with van der Waals surface area (Å²) in [7, 11) is 0. The Morgan fingerprint density at radius 3 is 2.92 bits per heavy atom. The Hall–Kier alpha value is -2.75. The van der Waals surface area contributed by atoms with Crippen LogP contribution in [-0.4, -0.2) is 54.3 Å². The summed E-state index contributed by atoms with van der Waals surface area (Å²) in [5.74, 6) is 0.0289. The van der Waals surface area contributed by atoms with Gasteiger partial charge in [0.1, 0.15) is 17.4 Å². The summed E-state index contributed by atoms with van der Waals surface area (Å²) in [6.07, 6.45) is -0.219. The summed E-state index contributed by atoms with van der Waals surface area (Å²) in [5.41, 5.74) is 8.63. The molecule has 2 heterocycles. The molecule has 5 atom stereocenters. The van der Waals surface area contributed by atoms with Gasteiger partial charge in [-0.1, -0.05) is 0 Å². The van der Waals surface area contributed by atoms with Crippen LogP contribution < -0.4 is 5.32 Å². The van der Waals surface area contributed by atoms with Crippen molar-refractivity contribution in [2.24, 2.45) is 16.4 Å². The maximum absolute atomic E-state index is 12.0. The van der Waals surface area contributed by atoms with Crippen molar-refractivity contribution in [3.05, 3.63) is 16.8 Å². The van der Waals surface area contributed by atoms with Gasteiger partial charge in [0, 0.05) is 11.5 Å². The summed E-state index contributed by atoms with van der Waals surface area (Å²) >= 11 is 0. The summed E-state index contributed by atoms with van der Waals surface area (Å²) in [6, 6.07) is -0.540. The van der Waals surface area contributed by atoms with E-state index >= 15 is 0 Å². The minimum atomic E-state index is -1.13. The Morgan fingerprint density at radius 2 is 2.31 bits per heavy atom. The van der Waals surface area contributed by atoms with Crippen LogP contribution in [0.1, 0.15) is 26.3 Å². The Balaban J connectivity index is 1.85. The Bertz CT molecular complexity index is 952. The van der Waals surface area contributed by atoms with E-state index in [2.05, 4.69) is 30.3 Å². The van der Waals surface area contributed by atoms with Gasteiger partial charge in [-0.15, -0.1) is 0 Å². The smallest absolute Gasteiger partial charge is 0.220 e. The van der Waals surface area contributed by atoms with Crippen molar-refractivity contribution in [1.29, 1.82) is 0 Å². The molecule has 2 aliphatic carbocycles. The van der Waals surface area contributed by atoms with Crippen molar-refractivity contribution >= 4 is 28.7 Å². The van der Waals surface area contributed by atoms with Gasteiger partial charge in [0.2, 0.25) is 5.95 Å². The van der Waals surface area contributed by atoms with Crippen molar-refractivity contribution in [3.8, 4) is 0 Å². The normalized spacial score (nSPS) is 32.2. The first kappa shape index (κ1) is 16.7. The molecule has 26 heavy (non-hydrogen) atoms. The Morgan fingerprint density at radius 1 is 1.54 bits per heavy atom. The van der Waals surface area contributed by atoms with Crippen LogP contribution in [-0.2, 0) is 4.79 Å². The fourth-order valence-electron chi connectivity index (χ4n) is 4.27. The van der Waals surface area contributed by atoms with Crippen molar-refractivity contribution in [1.82, 2.24) is 19.5 Å². The second-order valence-corrected chi connectivity index (χ2v) is 6.75. The van der Waals surface area contributed by atoms with Crippen LogP contribution >= 0.6 is 0 Å². The molecule has 2 aromatic heterocycles. The van der Waals surface area contributed by atoms with E-state index in [9.17, 15) is 15.0 Å². The van der Waals surface area contributed by atoms with Crippen molar-refractivity contribution in [3.63, 3.8) is 0 Å². The minimum absolute atomic E-state index is 0.0700. The number of carbonyl (C=O) groups is 1. The topological polar surface area (TPSA) is 162 Å². The molecular formula is C15H18N8O3. The molecule has 2 fully saturated rings. The van der Waals surface area contributed by atoms with E-state index in [1.54, 1.807) is 4.57 Å². The number of azide groups is 1. The van der Waals surface area contributed by atoms with Gasteiger partial charge in [0.15, 0.2) is 11.5 Å². The molecule has 2 aliphatic rings. The number of carbonyl (C=O) groups excluding carboxylic acids is 1. The highest BCUT2D eigenvalue weighted by Crippen LogP contribution is 2.68. The van der Waals surface area contributed by atoms with Crippen molar-refractivity contribution < 1.29 is 15.0 Å². The SMILES string of the molecule is CCNc1nc(N=[N+]=[N-])nc2c1ncn2[C@@H]1C2C[C@@]2(C(C)=O)C(O)[C@H]1O. The van der Waals surface area contributed by atoms with E-state index in [-0.39, 0.29) is 17.6 Å². The van der Waals surface area contributed by atoms with Gasteiger partial charge >= 0.3 is 0 Å². The molecule has 11 heteroatoms. The third-order valence-electron chi connectivity index (χ3n) is 5.54. The predicted molar refractivity (Wildman–Crippen MR) is 90.6 cm³/mol. The summed E-state index contributed by atoms with van der Waals surface area (Å²) in [4.78, 5) is 27.5. The number of hydrogen-bond acceptors (Lipinski definition) is 8. The summed E-state index contributed by atoms with van der Waals surface area (Å²) in [6.45, 7) is 3.91. The molecule has 2 saturated carbocycles. The second kappa shape index (κ2) is 5.63. The van der Waals surface area contributed by atoms with Gasteiger partial charge in [-0.05, 0) is 36.8 Å². The maximum atomic E-state index is 12.0. The molecule has 0 amide bonds. The lowest BCUT2D eigenvalue weighted by Gasteiger charge is -2.23. The van der Waals surface area contributed by atoms with E-state index in [1.165, 1.54) is 13.3 Å².